The Kier molecular flexibility index (Phi) is 8.69. The van der Waals surface area contributed by atoms with Crippen molar-refractivity contribution in [1.82, 2.24) is 14.7 Å². The third-order valence-electron chi connectivity index (χ3n) is 5.37. The van der Waals surface area contributed by atoms with Crippen LogP contribution in [0.3, 0.4) is 0 Å². The van der Waals surface area contributed by atoms with Crippen LogP contribution in [0.15, 0.2) is 24.3 Å². The van der Waals surface area contributed by atoms with E-state index in [0.29, 0.717) is 13.0 Å². The lowest BCUT2D eigenvalue weighted by atomic mass is 9.93. The molecule has 2 saturated heterocycles. The predicted molar refractivity (Wildman–Crippen MR) is 105 cm³/mol. The molecule has 0 bridgehead atoms. The van der Waals surface area contributed by atoms with Crippen LogP contribution in [0.5, 0.6) is 5.75 Å². The number of likely N-dealkylation sites (tertiary alicyclic amines) is 1. The van der Waals surface area contributed by atoms with Crippen LogP contribution in [0.2, 0.25) is 0 Å². The molecule has 3 rings (SSSR count). The lowest BCUT2D eigenvalue weighted by molar-refractivity contribution is -0.144. The van der Waals surface area contributed by atoms with Gasteiger partial charge >= 0.3 is 0 Å². The first-order chi connectivity index (χ1) is 13.5. The number of aliphatic hydroxyl groups is 1. The first kappa shape index (κ1) is 22.1. The Labute approximate surface area is 166 Å². The SMILES string of the molecule is COc1ccccc1CN1CCN(C(=O)[C@@H]2CN(C)CC[C@H]2O)CC1.O=CO. The van der Waals surface area contributed by atoms with Crippen LogP contribution in [0, 0.1) is 5.92 Å². The molecule has 2 aliphatic heterocycles. The number of carbonyl (C=O) groups is 2. The molecule has 0 unspecified atom stereocenters. The zero-order valence-electron chi connectivity index (χ0n) is 16.7. The molecular formula is C20H31N3O5. The number of carbonyl (C=O) groups excluding carboxylic acids is 1. The molecule has 8 heteroatoms. The minimum atomic E-state index is -0.504. The third kappa shape index (κ3) is 5.92. The lowest BCUT2D eigenvalue weighted by Gasteiger charge is -2.40. The first-order valence-corrected chi connectivity index (χ1v) is 9.57. The number of piperidine rings is 1. The number of methoxy groups -OCH3 is 1. The second-order valence-electron chi connectivity index (χ2n) is 7.24. The summed E-state index contributed by atoms with van der Waals surface area (Å²) in [4.78, 5) is 27.5. The molecule has 1 aromatic rings. The molecule has 0 spiro atoms. The van der Waals surface area contributed by atoms with Crippen LogP contribution in [0.25, 0.3) is 0 Å². The number of hydrogen-bond acceptors (Lipinski definition) is 6. The van der Waals surface area contributed by atoms with Crippen molar-refractivity contribution in [2.45, 2.75) is 19.1 Å². The van der Waals surface area contributed by atoms with Gasteiger partial charge in [0.05, 0.1) is 19.1 Å². The fraction of sp³-hybridized carbons (Fsp3) is 0.600. The number of para-hydroxylation sites is 1. The molecule has 0 radical (unpaired) electrons. The Morgan fingerprint density at radius 1 is 1.21 bits per heavy atom. The third-order valence-corrected chi connectivity index (χ3v) is 5.37. The highest BCUT2D eigenvalue weighted by molar-refractivity contribution is 5.80. The summed E-state index contributed by atoms with van der Waals surface area (Å²) < 4.78 is 5.42. The second kappa shape index (κ2) is 11.0. The largest absolute Gasteiger partial charge is 0.496 e. The number of carboxylic acid groups (broad SMARTS) is 1. The number of aliphatic hydroxyl groups excluding tert-OH is 1. The summed E-state index contributed by atoms with van der Waals surface area (Å²) in [7, 11) is 3.71. The summed E-state index contributed by atoms with van der Waals surface area (Å²) in [6.07, 6.45) is 0.177. The number of rotatable bonds is 4. The van der Waals surface area contributed by atoms with Gasteiger partial charge in [0.1, 0.15) is 5.75 Å². The van der Waals surface area contributed by atoms with Crippen molar-refractivity contribution in [3.63, 3.8) is 0 Å². The van der Waals surface area contributed by atoms with Crippen molar-refractivity contribution in [3.05, 3.63) is 29.8 Å². The van der Waals surface area contributed by atoms with Gasteiger partial charge in [-0.25, -0.2) is 0 Å². The van der Waals surface area contributed by atoms with Crippen LogP contribution in [0.4, 0.5) is 0 Å². The van der Waals surface area contributed by atoms with Crippen LogP contribution >= 0.6 is 0 Å². The maximum atomic E-state index is 12.8. The van der Waals surface area contributed by atoms with Crippen LogP contribution in [0.1, 0.15) is 12.0 Å². The van der Waals surface area contributed by atoms with Crippen LogP contribution in [-0.4, -0.2) is 96.8 Å². The Hall–Kier alpha value is -2.16. The highest BCUT2D eigenvalue weighted by Crippen LogP contribution is 2.22. The van der Waals surface area contributed by atoms with Gasteiger partial charge in [0.25, 0.3) is 6.47 Å². The van der Waals surface area contributed by atoms with E-state index in [9.17, 15) is 9.90 Å². The average Bonchev–Trinajstić information content (AvgIpc) is 2.71. The van der Waals surface area contributed by atoms with E-state index in [-0.39, 0.29) is 18.3 Å². The Morgan fingerprint density at radius 2 is 1.86 bits per heavy atom. The van der Waals surface area contributed by atoms with Crippen LogP contribution in [-0.2, 0) is 16.1 Å². The highest BCUT2D eigenvalue weighted by atomic mass is 16.5. The van der Waals surface area contributed by atoms with E-state index in [1.807, 2.05) is 30.1 Å². The normalized spacial score (nSPS) is 23.5. The van der Waals surface area contributed by atoms with E-state index in [0.717, 1.165) is 45.0 Å². The van der Waals surface area contributed by atoms with Crippen molar-refractivity contribution in [2.75, 3.05) is 53.4 Å². The molecule has 1 amide bonds. The van der Waals surface area contributed by atoms with E-state index < -0.39 is 6.10 Å². The minimum absolute atomic E-state index is 0.107. The van der Waals surface area contributed by atoms with Gasteiger partial charge in [-0.2, -0.15) is 0 Å². The average molecular weight is 393 g/mol. The van der Waals surface area contributed by atoms with Crippen molar-refractivity contribution in [2.24, 2.45) is 5.92 Å². The van der Waals surface area contributed by atoms with Gasteiger partial charge in [0.2, 0.25) is 5.91 Å². The molecular weight excluding hydrogens is 362 g/mol. The van der Waals surface area contributed by atoms with Gasteiger partial charge in [-0.05, 0) is 19.5 Å². The number of hydrogen-bond donors (Lipinski definition) is 2. The summed E-state index contributed by atoms with van der Waals surface area (Å²) in [6.45, 7) is 5.24. The second-order valence-corrected chi connectivity index (χ2v) is 7.24. The monoisotopic (exact) mass is 393 g/mol. The topological polar surface area (TPSA) is 93.5 Å². The molecule has 8 nitrogen and oxygen atoms in total. The van der Waals surface area contributed by atoms with Crippen molar-refractivity contribution < 1.29 is 24.5 Å². The maximum Gasteiger partial charge on any atom is 0.290 e. The molecule has 0 aromatic heterocycles. The van der Waals surface area contributed by atoms with Crippen LogP contribution < -0.4 is 4.74 Å². The highest BCUT2D eigenvalue weighted by Gasteiger charge is 2.35. The molecule has 2 heterocycles. The Morgan fingerprint density at radius 3 is 2.50 bits per heavy atom. The smallest absolute Gasteiger partial charge is 0.290 e. The molecule has 2 aliphatic rings. The zero-order chi connectivity index (χ0) is 20.5. The van der Waals surface area contributed by atoms with Gasteiger partial charge < -0.3 is 24.7 Å². The molecule has 2 atom stereocenters. The minimum Gasteiger partial charge on any atom is -0.496 e. The van der Waals surface area contributed by atoms with E-state index in [4.69, 9.17) is 14.6 Å². The van der Waals surface area contributed by atoms with Gasteiger partial charge in [-0.1, -0.05) is 18.2 Å². The van der Waals surface area contributed by atoms with Gasteiger partial charge in [-0.15, -0.1) is 0 Å². The summed E-state index contributed by atoms with van der Waals surface area (Å²) in [6, 6.07) is 8.07. The number of piperazine rings is 1. The number of amides is 1. The molecule has 28 heavy (non-hydrogen) atoms. The molecule has 2 N–H and O–H groups in total. The van der Waals surface area contributed by atoms with E-state index in [2.05, 4.69) is 15.9 Å². The Balaban J connectivity index is 0.000000878. The van der Waals surface area contributed by atoms with E-state index >= 15 is 0 Å². The summed E-state index contributed by atoms with van der Waals surface area (Å²) in [5.41, 5.74) is 1.18. The van der Waals surface area contributed by atoms with Gasteiger partial charge in [0.15, 0.2) is 0 Å². The van der Waals surface area contributed by atoms with Gasteiger partial charge in [-0.3, -0.25) is 14.5 Å². The van der Waals surface area contributed by atoms with Crippen molar-refractivity contribution >= 4 is 12.4 Å². The number of ether oxygens (including phenoxy) is 1. The molecule has 0 saturated carbocycles. The summed E-state index contributed by atoms with van der Waals surface area (Å²) in [5, 5.41) is 17.1. The summed E-state index contributed by atoms with van der Waals surface area (Å²) in [5.74, 6) is 0.741. The standard InChI is InChI=1S/C19H29N3O3.CH2O2/c1-20-8-7-17(23)16(14-20)19(24)22-11-9-21(10-12-22)13-15-5-3-4-6-18(15)25-2;2-1-3/h3-6,16-17,23H,7-14H2,1-2H3;1H,(H,2,3)/t16-,17-;/m1./s1. The first-order valence-electron chi connectivity index (χ1n) is 9.57. The van der Waals surface area contributed by atoms with E-state index in [1.165, 1.54) is 5.56 Å². The number of benzene rings is 1. The quantitative estimate of drug-likeness (QED) is 0.713. The Bertz CT molecular complexity index is 634. The molecule has 156 valence electrons. The number of nitrogens with zero attached hydrogens (tertiary/aromatic N) is 3. The predicted octanol–water partition coefficient (Wildman–Crippen LogP) is 0.353. The van der Waals surface area contributed by atoms with Gasteiger partial charge in [0, 0.05) is 51.4 Å². The fourth-order valence-corrected chi connectivity index (χ4v) is 3.78. The van der Waals surface area contributed by atoms with Crippen molar-refractivity contribution in [3.8, 4) is 5.75 Å². The summed E-state index contributed by atoms with van der Waals surface area (Å²) >= 11 is 0. The molecule has 0 aliphatic carbocycles. The molecule has 2 fully saturated rings. The zero-order valence-corrected chi connectivity index (χ0v) is 16.7. The van der Waals surface area contributed by atoms with E-state index in [1.54, 1.807) is 7.11 Å². The molecule has 1 aromatic carbocycles. The lowest BCUT2D eigenvalue weighted by Crippen LogP contribution is -2.54. The fourth-order valence-electron chi connectivity index (χ4n) is 3.78. The van der Waals surface area contributed by atoms with Crippen molar-refractivity contribution in [1.29, 1.82) is 0 Å². The maximum absolute atomic E-state index is 12.8.